The van der Waals surface area contributed by atoms with Gasteiger partial charge in [0.05, 0.1) is 24.0 Å². The maximum absolute atomic E-state index is 12.4. The zero-order valence-corrected chi connectivity index (χ0v) is 18.9. The van der Waals surface area contributed by atoms with Gasteiger partial charge in [0.2, 0.25) is 0 Å². The van der Waals surface area contributed by atoms with E-state index in [-0.39, 0.29) is 5.41 Å². The number of rotatable bonds is 9. The lowest BCUT2D eigenvalue weighted by Gasteiger charge is -2.30. The molecule has 3 fully saturated rings. The zero-order valence-electron chi connectivity index (χ0n) is 18.9. The minimum absolute atomic E-state index is 0.290. The Balaban J connectivity index is 1.02. The fraction of sp³-hybridized carbons (Fsp3) is 0.750. The standard InChI is InChI=1S/C24H35N5O2/c1-3-22-12-23(27-31-22)24-13-19(24)15-29(16-24)9-8-17-4-6-18(7-5-17)10-21(30)11-20-14-25-28(2)26-20/h12,14,17-19H,3-11,13,15-16H2,1-2H3/t17?,18?,19-,24-/m0/s1. The average Bonchev–Trinajstić information content (AvgIpc) is 3.17. The van der Waals surface area contributed by atoms with Crippen LogP contribution in [0.2, 0.25) is 0 Å². The van der Waals surface area contributed by atoms with Gasteiger partial charge in [0.15, 0.2) is 0 Å². The number of piperidine rings is 1. The van der Waals surface area contributed by atoms with Crippen molar-refractivity contribution in [2.24, 2.45) is 24.8 Å². The molecular weight excluding hydrogens is 390 g/mol. The molecule has 0 bridgehead atoms. The summed E-state index contributed by atoms with van der Waals surface area (Å²) in [6.07, 6.45) is 11.3. The summed E-state index contributed by atoms with van der Waals surface area (Å²) in [7, 11) is 1.79. The van der Waals surface area contributed by atoms with Crippen LogP contribution in [0.15, 0.2) is 16.8 Å². The maximum Gasteiger partial charge on any atom is 0.139 e. The Morgan fingerprint density at radius 1 is 1.26 bits per heavy atom. The van der Waals surface area contributed by atoms with Crippen molar-refractivity contribution in [3.63, 3.8) is 0 Å². The lowest BCUT2D eigenvalue weighted by atomic mass is 9.78. The van der Waals surface area contributed by atoms with Gasteiger partial charge in [-0.25, -0.2) is 0 Å². The average molecular weight is 426 g/mol. The largest absolute Gasteiger partial charge is 0.361 e. The first kappa shape index (κ1) is 20.9. The first-order chi connectivity index (χ1) is 15.0. The Bertz CT molecular complexity index is 913. The third kappa shape index (κ3) is 4.47. The number of ketones is 1. The number of aryl methyl sites for hydroxylation is 2. The van der Waals surface area contributed by atoms with Crippen molar-refractivity contribution in [3.8, 4) is 0 Å². The molecule has 1 saturated heterocycles. The van der Waals surface area contributed by atoms with Gasteiger partial charge in [0.25, 0.3) is 0 Å². The fourth-order valence-corrected chi connectivity index (χ4v) is 6.02. The molecule has 31 heavy (non-hydrogen) atoms. The summed E-state index contributed by atoms with van der Waals surface area (Å²) in [4.78, 5) is 16.6. The highest BCUT2D eigenvalue weighted by molar-refractivity contribution is 5.80. The van der Waals surface area contributed by atoms with Gasteiger partial charge < -0.3 is 9.42 Å². The van der Waals surface area contributed by atoms with Gasteiger partial charge in [-0.05, 0) is 50.0 Å². The molecule has 5 rings (SSSR count). The predicted molar refractivity (Wildman–Crippen MR) is 117 cm³/mol. The highest BCUT2D eigenvalue weighted by Gasteiger charge is 2.62. The molecule has 2 saturated carbocycles. The Hall–Kier alpha value is -2.02. The number of hydrogen-bond donors (Lipinski definition) is 0. The van der Waals surface area contributed by atoms with Crippen LogP contribution in [0.5, 0.6) is 0 Å². The molecule has 0 amide bonds. The van der Waals surface area contributed by atoms with Gasteiger partial charge in [-0.1, -0.05) is 24.9 Å². The summed E-state index contributed by atoms with van der Waals surface area (Å²) in [6, 6.07) is 2.19. The molecule has 2 atom stereocenters. The van der Waals surface area contributed by atoms with Crippen LogP contribution >= 0.6 is 0 Å². The van der Waals surface area contributed by atoms with Crippen molar-refractivity contribution >= 4 is 5.78 Å². The molecule has 2 aromatic heterocycles. The predicted octanol–water partition coefficient (Wildman–Crippen LogP) is 3.34. The van der Waals surface area contributed by atoms with E-state index < -0.39 is 0 Å². The molecular formula is C24H35N5O2. The van der Waals surface area contributed by atoms with Gasteiger partial charge >= 0.3 is 0 Å². The quantitative estimate of drug-likeness (QED) is 0.613. The Labute approximate surface area is 184 Å². The van der Waals surface area contributed by atoms with E-state index in [0.717, 1.165) is 36.3 Å². The van der Waals surface area contributed by atoms with Crippen molar-refractivity contribution < 1.29 is 9.32 Å². The number of aromatic nitrogens is 4. The van der Waals surface area contributed by atoms with Crippen LogP contribution in [0.25, 0.3) is 0 Å². The van der Waals surface area contributed by atoms with E-state index in [2.05, 4.69) is 33.2 Å². The lowest BCUT2D eigenvalue weighted by Crippen LogP contribution is -2.29. The Morgan fingerprint density at radius 3 is 2.77 bits per heavy atom. The monoisotopic (exact) mass is 425 g/mol. The number of nitrogens with zero attached hydrogens (tertiary/aromatic N) is 5. The number of carbonyl (C=O) groups is 1. The van der Waals surface area contributed by atoms with Crippen molar-refractivity contribution in [1.82, 2.24) is 25.1 Å². The van der Waals surface area contributed by atoms with Crippen molar-refractivity contribution in [2.75, 3.05) is 19.6 Å². The second-order valence-corrected chi connectivity index (χ2v) is 10.2. The third-order valence-corrected chi connectivity index (χ3v) is 8.00. The van der Waals surface area contributed by atoms with Crippen LogP contribution in [0.3, 0.4) is 0 Å². The van der Waals surface area contributed by atoms with Crippen molar-refractivity contribution in [1.29, 1.82) is 0 Å². The molecule has 7 nitrogen and oxygen atoms in total. The third-order valence-electron chi connectivity index (χ3n) is 8.00. The SMILES string of the molecule is CCc1cc([C@]23C[C@H]2CN(CCC2CCC(CC(=O)Cc4cnn(C)n4)CC2)C3)no1. The molecule has 0 N–H and O–H groups in total. The highest BCUT2D eigenvalue weighted by atomic mass is 16.5. The first-order valence-electron chi connectivity index (χ1n) is 12.1. The van der Waals surface area contributed by atoms with E-state index in [0.29, 0.717) is 24.5 Å². The molecule has 2 aliphatic carbocycles. The van der Waals surface area contributed by atoms with E-state index in [1.54, 1.807) is 13.2 Å². The minimum Gasteiger partial charge on any atom is -0.361 e. The summed E-state index contributed by atoms with van der Waals surface area (Å²) >= 11 is 0. The van der Waals surface area contributed by atoms with E-state index >= 15 is 0 Å². The molecule has 168 valence electrons. The number of Topliss-reactive ketones (excluding diaryl/α,β-unsaturated/α-hetero) is 1. The van der Waals surface area contributed by atoms with E-state index in [9.17, 15) is 4.79 Å². The van der Waals surface area contributed by atoms with Gasteiger partial charge in [0.1, 0.15) is 11.5 Å². The maximum atomic E-state index is 12.4. The number of carbonyl (C=O) groups excluding carboxylic acids is 1. The Morgan fingerprint density at radius 2 is 2.06 bits per heavy atom. The number of likely N-dealkylation sites (tertiary alicyclic amines) is 1. The molecule has 0 aromatic carbocycles. The smallest absolute Gasteiger partial charge is 0.139 e. The molecule has 1 aliphatic heterocycles. The van der Waals surface area contributed by atoms with E-state index in [1.165, 1.54) is 62.1 Å². The topological polar surface area (TPSA) is 77.1 Å². The molecule has 0 radical (unpaired) electrons. The molecule has 3 aliphatic rings. The fourth-order valence-electron chi connectivity index (χ4n) is 6.02. The van der Waals surface area contributed by atoms with Gasteiger partial charge in [0, 0.05) is 44.5 Å². The number of hydrogen-bond acceptors (Lipinski definition) is 6. The van der Waals surface area contributed by atoms with Crippen molar-refractivity contribution in [2.45, 2.75) is 70.1 Å². The summed E-state index contributed by atoms with van der Waals surface area (Å²) in [5.41, 5.74) is 2.28. The molecule has 2 aromatic rings. The normalized spacial score (nSPS) is 30.5. The van der Waals surface area contributed by atoms with Crippen LogP contribution in [0.1, 0.15) is 69.0 Å². The van der Waals surface area contributed by atoms with Crippen LogP contribution in [0, 0.1) is 17.8 Å². The van der Waals surface area contributed by atoms with Crippen LogP contribution < -0.4 is 0 Å². The zero-order chi connectivity index (χ0) is 21.4. The second-order valence-electron chi connectivity index (χ2n) is 10.2. The van der Waals surface area contributed by atoms with Crippen molar-refractivity contribution in [3.05, 3.63) is 29.4 Å². The Kier molecular flexibility index (Phi) is 5.71. The lowest BCUT2D eigenvalue weighted by molar-refractivity contribution is -0.119. The highest BCUT2D eigenvalue weighted by Crippen LogP contribution is 2.58. The van der Waals surface area contributed by atoms with Crippen LogP contribution in [0.4, 0.5) is 0 Å². The minimum atomic E-state index is 0.290. The summed E-state index contributed by atoms with van der Waals surface area (Å²) in [5.74, 6) is 3.48. The molecule has 0 spiro atoms. The molecule has 0 unspecified atom stereocenters. The van der Waals surface area contributed by atoms with Gasteiger partial charge in [-0.3, -0.25) is 4.79 Å². The van der Waals surface area contributed by atoms with E-state index in [4.69, 9.17) is 4.52 Å². The second kappa shape index (κ2) is 8.49. The number of fused-ring (bicyclic) bond motifs is 1. The van der Waals surface area contributed by atoms with E-state index in [1.807, 2.05) is 0 Å². The summed E-state index contributed by atoms with van der Waals surface area (Å²) in [6.45, 7) is 5.70. The molecule has 7 heteroatoms. The summed E-state index contributed by atoms with van der Waals surface area (Å²) < 4.78 is 5.48. The van der Waals surface area contributed by atoms with Gasteiger partial charge in [-0.2, -0.15) is 15.0 Å². The molecule has 3 heterocycles. The van der Waals surface area contributed by atoms with Crippen LogP contribution in [-0.4, -0.2) is 50.5 Å². The first-order valence-corrected chi connectivity index (χ1v) is 12.1. The summed E-state index contributed by atoms with van der Waals surface area (Å²) in [5, 5.41) is 12.7. The van der Waals surface area contributed by atoms with Crippen LogP contribution in [-0.2, 0) is 30.1 Å². The van der Waals surface area contributed by atoms with Gasteiger partial charge in [-0.15, -0.1) is 0 Å².